The lowest BCUT2D eigenvalue weighted by atomic mass is 9.79. The summed E-state index contributed by atoms with van der Waals surface area (Å²) in [5.74, 6) is -4.27. The molecule has 1 unspecified atom stereocenters. The monoisotopic (exact) mass is 524 g/mol. The van der Waals surface area contributed by atoms with Crippen LogP contribution in [0, 0.1) is 0 Å². The number of anilines is 2. The Balaban J connectivity index is 1.90. The van der Waals surface area contributed by atoms with E-state index in [9.17, 15) is 29.4 Å². The van der Waals surface area contributed by atoms with E-state index in [4.69, 9.17) is 4.74 Å². The molecule has 1 saturated heterocycles. The molecule has 2 aliphatic rings. The summed E-state index contributed by atoms with van der Waals surface area (Å²) < 4.78 is 5.22. The van der Waals surface area contributed by atoms with Crippen LogP contribution in [0.25, 0.3) is 5.76 Å². The van der Waals surface area contributed by atoms with Crippen molar-refractivity contribution >= 4 is 40.5 Å². The third-order valence-electron chi connectivity index (χ3n) is 6.98. The van der Waals surface area contributed by atoms with E-state index in [2.05, 4.69) is 0 Å². The number of allylic oxidation sites excluding steroid dienone is 1. The molecule has 0 aromatic heterocycles. The van der Waals surface area contributed by atoms with Gasteiger partial charge in [-0.2, -0.15) is 0 Å². The number of phenolic OH excluding ortho intramolecular Hbond substituents is 1. The third-order valence-corrected chi connectivity index (χ3v) is 6.98. The number of rotatable bonds is 5. The molecule has 3 aromatic rings. The van der Waals surface area contributed by atoms with Crippen molar-refractivity contribution in [3.05, 3.63) is 101 Å². The van der Waals surface area contributed by atoms with Crippen molar-refractivity contribution < 1.29 is 34.1 Å². The molecule has 2 N–H and O–H groups in total. The van der Waals surface area contributed by atoms with Crippen LogP contribution in [-0.4, -0.2) is 46.2 Å². The van der Waals surface area contributed by atoms with E-state index in [1.807, 2.05) is 0 Å². The minimum atomic E-state index is -2.39. The number of hydrogen-bond donors (Lipinski definition) is 2. The molecule has 1 atom stereocenters. The van der Waals surface area contributed by atoms with Gasteiger partial charge in [0.2, 0.25) is 0 Å². The lowest BCUT2D eigenvalue weighted by Gasteiger charge is -2.35. The SMILES string of the molecule is COc1ccc(N2C(=O)C3(C(C(C)=O)=C2C)/C(=C(\O)c2ccccc2)C(=O)C(=O)N3c2ccccc2O)cc1. The van der Waals surface area contributed by atoms with Gasteiger partial charge in [-0.1, -0.05) is 42.5 Å². The summed E-state index contributed by atoms with van der Waals surface area (Å²) in [6.45, 7) is 2.75. The predicted octanol–water partition coefficient (Wildman–Crippen LogP) is 3.93. The number of ketones is 2. The van der Waals surface area contributed by atoms with Gasteiger partial charge in [-0.25, -0.2) is 0 Å². The summed E-state index contributed by atoms with van der Waals surface area (Å²) in [6.07, 6.45) is 0. The Kier molecular flexibility index (Phi) is 6.06. The third kappa shape index (κ3) is 3.54. The summed E-state index contributed by atoms with van der Waals surface area (Å²) >= 11 is 0. The van der Waals surface area contributed by atoms with Crippen LogP contribution in [0.15, 0.2) is 95.7 Å². The van der Waals surface area contributed by atoms with Gasteiger partial charge in [0.15, 0.2) is 11.3 Å². The first kappa shape index (κ1) is 25.5. The minimum absolute atomic E-state index is 0.164. The van der Waals surface area contributed by atoms with Crippen molar-refractivity contribution in [1.82, 2.24) is 0 Å². The predicted molar refractivity (Wildman–Crippen MR) is 143 cm³/mol. The standard InChI is InChI=1S/C30H24N2O7/c1-17-24(18(2)33)30(29(38)31(17)20-13-15-21(39-3)16-14-20)25(26(35)19-9-5-4-6-10-19)27(36)28(37)32(30)22-11-7-8-12-23(22)34/h4-16,34-35H,1-3H3/b26-25-. The Morgan fingerprint density at radius 3 is 2.10 bits per heavy atom. The second-order valence-electron chi connectivity index (χ2n) is 9.11. The number of phenols is 1. The Labute approximate surface area is 223 Å². The Morgan fingerprint density at radius 2 is 1.51 bits per heavy atom. The number of benzene rings is 3. The van der Waals surface area contributed by atoms with E-state index in [1.54, 1.807) is 42.5 Å². The van der Waals surface area contributed by atoms with E-state index in [-0.39, 0.29) is 22.5 Å². The van der Waals surface area contributed by atoms with Gasteiger partial charge >= 0.3 is 5.91 Å². The average Bonchev–Trinajstić information content (AvgIpc) is 3.30. The number of nitrogens with zero attached hydrogens (tertiary/aromatic N) is 2. The van der Waals surface area contributed by atoms with Crippen molar-refractivity contribution in [2.45, 2.75) is 19.4 Å². The van der Waals surface area contributed by atoms with Crippen LogP contribution in [0.1, 0.15) is 19.4 Å². The van der Waals surface area contributed by atoms with Crippen molar-refractivity contribution in [3.63, 3.8) is 0 Å². The molecule has 39 heavy (non-hydrogen) atoms. The maximum Gasteiger partial charge on any atom is 0.300 e. The fraction of sp³-hybridized carbons (Fsp3) is 0.133. The highest BCUT2D eigenvalue weighted by atomic mass is 16.5. The van der Waals surface area contributed by atoms with E-state index >= 15 is 0 Å². The molecule has 2 heterocycles. The van der Waals surface area contributed by atoms with Gasteiger partial charge in [0.25, 0.3) is 11.7 Å². The van der Waals surface area contributed by atoms with E-state index < -0.39 is 46.0 Å². The van der Waals surface area contributed by atoms with Crippen molar-refractivity contribution in [1.29, 1.82) is 0 Å². The molecule has 3 aromatic carbocycles. The zero-order valence-electron chi connectivity index (χ0n) is 21.3. The Hall–Kier alpha value is -5.18. The Bertz CT molecular complexity index is 1610. The number of para-hydroxylation sites is 2. The molecule has 5 rings (SSSR count). The first-order valence-electron chi connectivity index (χ1n) is 12.0. The first-order chi connectivity index (χ1) is 18.7. The molecule has 1 spiro atoms. The minimum Gasteiger partial charge on any atom is -0.507 e. The van der Waals surface area contributed by atoms with Crippen LogP contribution in [-0.2, 0) is 19.2 Å². The largest absolute Gasteiger partial charge is 0.507 e. The maximum absolute atomic E-state index is 14.7. The van der Waals surface area contributed by atoms with Crippen LogP contribution in [0.3, 0.4) is 0 Å². The molecule has 0 aliphatic carbocycles. The molecule has 9 nitrogen and oxygen atoms in total. The van der Waals surface area contributed by atoms with Gasteiger partial charge in [-0.15, -0.1) is 0 Å². The molecular weight excluding hydrogens is 500 g/mol. The molecule has 1 fully saturated rings. The average molecular weight is 525 g/mol. The highest BCUT2D eigenvalue weighted by Gasteiger charge is 2.69. The summed E-state index contributed by atoms with van der Waals surface area (Å²) in [7, 11) is 1.49. The first-order valence-corrected chi connectivity index (χ1v) is 12.0. The maximum atomic E-state index is 14.7. The summed E-state index contributed by atoms with van der Waals surface area (Å²) in [5, 5.41) is 22.2. The van der Waals surface area contributed by atoms with Crippen molar-refractivity contribution in [3.8, 4) is 11.5 Å². The highest BCUT2D eigenvalue weighted by molar-refractivity contribution is 6.56. The lowest BCUT2D eigenvalue weighted by molar-refractivity contribution is -0.132. The number of carbonyl (C=O) groups excluding carboxylic acids is 4. The Morgan fingerprint density at radius 1 is 0.897 bits per heavy atom. The number of carbonyl (C=O) groups is 4. The number of amides is 2. The zero-order chi connectivity index (χ0) is 28.1. The normalized spacial score (nSPS) is 20.3. The molecule has 196 valence electrons. The van der Waals surface area contributed by atoms with Crippen LogP contribution in [0.2, 0.25) is 0 Å². The number of methoxy groups -OCH3 is 1. The quantitative estimate of drug-likeness (QED) is 0.294. The lowest BCUT2D eigenvalue weighted by Crippen LogP contribution is -2.56. The number of aliphatic hydroxyl groups excluding tert-OH is 1. The van der Waals surface area contributed by atoms with E-state index in [1.165, 1.54) is 62.3 Å². The van der Waals surface area contributed by atoms with Gasteiger partial charge in [-0.3, -0.25) is 29.0 Å². The molecular formula is C30H24N2O7. The van der Waals surface area contributed by atoms with E-state index in [0.29, 0.717) is 11.4 Å². The second kappa shape index (κ2) is 9.29. The number of ether oxygens (including phenoxy) is 1. The smallest absolute Gasteiger partial charge is 0.300 e. The van der Waals surface area contributed by atoms with Crippen LogP contribution in [0.5, 0.6) is 11.5 Å². The van der Waals surface area contributed by atoms with Gasteiger partial charge < -0.3 is 14.9 Å². The molecule has 2 amide bonds. The molecule has 9 heteroatoms. The molecule has 0 radical (unpaired) electrons. The van der Waals surface area contributed by atoms with Gasteiger partial charge in [-0.05, 0) is 50.2 Å². The highest BCUT2D eigenvalue weighted by Crippen LogP contribution is 2.53. The van der Waals surface area contributed by atoms with Gasteiger partial charge in [0.1, 0.15) is 17.3 Å². The van der Waals surface area contributed by atoms with Crippen LogP contribution in [0.4, 0.5) is 11.4 Å². The summed E-state index contributed by atoms with van der Waals surface area (Å²) in [6, 6.07) is 20.1. The topological polar surface area (TPSA) is 124 Å². The summed E-state index contributed by atoms with van der Waals surface area (Å²) in [4.78, 5) is 57.5. The van der Waals surface area contributed by atoms with Gasteiger partial charge in [0.05, 0.1) is 23.9 Å². The fourth-order valence-corrected chi connectivity index (χ4v) is 5.39. The number of hydrogen-bond acceptors (Lipinski definition) is 7. The van der Waals surface area contributed by atoms with Crippen LogP contribution < -0.4 is 14.5 Å². The molecule has 0 saturated carbocycles. The van der Waals surface area contributed by atoms with Crippen molar-refractivity contribution in [2.24, 2.45) is 0 Å². The van der Waals surface area contributed by atoms with E-state index in [0.717, 1.165) is 4.90 Å². The molecule has 0 bridgehead atoms. The second-order valence-corrected chi connectivity index (χ2v) is 9.11. The fourth-order valence-electron chi connectivity index (χ4n) is 5.39. The number of aliphatic hydroxyl groups is 1. The van der Waals surface area contributed by atoms with Crippen molar-refractivity contribution in [2.75, 3.05) is 16.9 Å². The zero-order valence-corrected chi connectivity index (χ0v) is 21.3. The summed E-state index contributed by atoms with van der Waals surface area (Å²) in [5.41, 5.74) is -2.61. The number of aromatic hydroxyl groups is 1. The van der Waals surface area contributed by atoms with Gasteiger partial charge in [0, 0.05) is 16.9 Å². The molecule has 2 aliphatic heterocycles. The number of Topliss-reactive ketones (excluding diaryl/α,β-unsaturated/α-hetero) is 2. The van der Waals surface area contributed by atoms with Crippen LogP contribution >= 0.6 is 0 Å².